The highest BCUT2D eigenvalue weighted by molar-refractivity contribution is 9.10. The molecule has 2 rings (SSSR count). The molecule has 0 saturated heterocycles. The van der Waals surface area contributed by atoms with Crippen LogP contribution in [0.4, 0.5) is 13.2 Å². The highest BCUT2D eigenvalue weighted by Crippen LogP contribution is 2.34. The molecule has 0 fully saturated rings. The lowest BCUT2D eigenvalue weighted by molar-refractivity contribution is -0.274. The molecular weight excluding hydrogens is 347 g/mol. The molecule has 0 saturated carbocycles. The van der Waals surface area contributed by atoms with Crippen LogP contribution in [-0.2, 0) is 0 Å². The van der Waals surface area contributed by atoms with E-state index in [4.69, 9.17) is 5.73 Å². The Hall–Kier alpha value is -1.53. The smallest absolute Gasteiger partial charge is 0.405 e. The highest BCUT2D eigenvalue weighted by atomic mass is 79.9. The first-order chi connectivity index (χ1) is 9.78. The summed E-state index contributed by atoms with van der Waals surface area (Å²) in [6.07, 6.45) is -4.75. The van der Waals surface area contributed by atoms with Crippen molar-refractivity contribution < 1.29 is 17.9 Å². The molecule has 6 heteroatoms. The number of nitrogens with two attached hydrogens (primary N) is 1. The van der Waals surface area contributed by atoms with Crippen molar-refractivity contribution in [3.05, 3.63) is 63.6 Å². The van der Waals surface area contributed by atoms with Crippen LogP contribution in [0.1, 0.15) is 22.7 Å². The number of benzene rings is 2. The number of halogens is 4. The molecule has 112 valence electrons. The van der Waals surface area contributed by atoms with Crippen molar-refractivity contribution in [3.8, 4) is 5.75 Å². The number of para-hydroxylation sites is 1. The Labute approximate surface area is 128 Å². The van der Waals surface area contributed by atoms with Gasteiger partial charge >= 0.3 is 6.36 Å². The van der Waals surface area contributed by atoms with Crippen molar-refractivity contribution in [1.29, 1.82) is 0 Å². The van der Waals surface area contributed by atoms with E-state index in [0.29, 0.717) is 5.56 Å². The Kier molecular flexibility index (Phi) is 4.58. The van der Waals surface area contributed by atoms with Crippen LogP contribution in [0.15, 0.2) is 46.9 Å². The maximum Gasteiger partial charge on any atom is 0.573 e. The minimum absolute atomic E-state index is 0.279. The molecular formula is C15H13BrF3NO. The Balaban J connectivity index is 2.44. The SMILES string of the molecule is Cc1ccc(Br)c(C(N)c2ccccc2OC(F)(F)F)c1. The van der Waals surface area contributed by atoms with Gasteiger partial charge in [-0.25, -0.2) is 0 Å². The first kappa shape index (κ1) is 15.9. The predicted molar refractivity (Wildman–Crippen MR) is 78.0 cm³/mol. The van der Waals surface area contributed by atoms with Gasteiger partial charge < -0.3 is 10.5 Å². The Morgan fingerprint density at radius 3 is 2.43 bits per heavy atom. The predicted octanol–water partition coefficient (Wildman–Crippen LogP) is 4.70. The van der Waals surface area contributed by atoms with Gasteiger partial charge in [-0.1, -0.05) is 51.8 Å². The van der Waals surface area contributed by atoms with Gasteiger partial charge in [-0.2, -0.15) is 0 Å². The van der Waals surface area contributed by atoms with Crippen LogP contribution in [0.2, 0.25) is 0 Å². The Morgan fingerprint density at radius 2 is 1.76 bits per heavy atom. The number of rotatable bonds is 3. The summed E-state index contributed by atoms with van der Waals surface area (Å²) < 4.78 is 42.2. The van der Waals surface area contributed by atoms with Crippen molar-refractivity contribution in [1.82, 2.24) is 0 Å². The van der Waals surface area contributed by atoms with Gasteiger partial charge in [-0.15, -0.1) is 13.2 Å². The topological polar surface area (TPSA) is 35.2 Å². The van der Waals surface area contributed by atoms with E-state index in [1.165, 1.54) is 18.2 Å². The van der Waals surface area contributed by atoms with Crippen LogP contribution < -0.4 is 10.5 Å². The van der Waals surface area contributed by atoms with Crippen molar-refractivity contribution in [3.63, 3.8) is 0 Å². The quantitative estimate of drug-likeness (QED) is 0.861. The zero-order valence-electron chi connectivity index (χ0n) is 11.1. The molecule has 2 N–H and O–H groups in total. The minimum Gasteiger partial charge on any atom is -0.405 e. The van der Waals surface area contributed by atoms with Gasteiger partial charge in [0.2, 0.25) is 0 Å². The van der Waals surface area contributed by atoms with E-state index in [2.05, 4.69) is 20.7 Å². The molecule has 1 atom stereocenters. The van der Waals surface area contributed by atoms with E-state index in [1.54, 1.807) is 6.07 Å². The fourth-order valence-corrected chi connectivity index (χ4v) is 2.52. The molecule has 2 aromatic carbocycles. The summed E-state index contributed by atoms with van der Waals surface area (Å²) in [5.41, 5.74) is 8.08. The first-order valence-corrected chi connectivity index (χ1v) is 6.93. The maximum absolute atomic E-state index is 12.5. The number of hydrogen-bond donors (Lipinski definition) is 1. The van der Waals surface area contributed by atoms with E-state index >= 15 is 0 Å². The van der Waals surface area contributed by atoms with Crippen molar-refractivity contribution in [2.75, 3.05) is 0 Å². The first-order valence-electron chi connectivity index (χ1n) is 6.14. The molecule has 0 heterocycles. The summed E-state index contributed by atoms with van der Waals surface area (Å²) in [5.74, 6) is -0.286. The van der Waals surface area contributed by atoms with Crippen LogP contribution in [0.25, 0.3) is 0 Å². The summed E-state index contributed by atoms with van der Waals surface area (Å²) >= 11 is 3.37. The average Bonchev–Trinajstić information content (AvgIpc) is 2.39. The molecule has 0 aromatic heterocycles. The van der Waals surface area contributed by atoms with Crippen LogP contribution in [0.3, 0.4) is 0 Å². The lowest BCUT2D eigenvalue weighted by Gasteiger charge is -2.19. The Morgan fingerprint density at radius 1 is 1.10 bits per heavy atom. The van der Waals surface area contributed by atoms with E-state index in [1.807, 2.05) is 25.1 Å². The number of aryl methyl sites for hydroxylation is 1. The van der Waals surface area contributed by atoms with E-state index < -0.39 is 12.4 Å². The second kappa shape index (κ2) is 6.07. The zero-order valence-corrected chi connectivity index (χ0v) is 12.7. The summed E-state index contributed by atoms with van der Waals surface area (Å²) in [6, 6.07) is 10.7. The maximum atomic E-state index is 12.5. The van der Waals surface area contributed by atoms with Gasteiger partial charge in [0.1, 0.15) is 5.75 Å². The summed E-state index contributed by atoms with van der Waals surface area (Å²) in [7, 11) is 0. The van der Waals surface area contributed by atoms with Crippen LogP contribution in [-0.4, -0.2) is 6.36 Å². The van der Waals surface area contributed by atoms with Gasteiger partial charge in [0.15, 0.2) is 0 Å². The second-order valence-electron chi connectivity index (χ2n) is 4.59. The molecule has 0 aliphatic heterocycles. The molecule has 0 aliphatic carbocycles. The fourth-order valence-electron chi connectivity index (χ4n) is 2.02. The number of alkyl halides is 3. The molecule has 0 bridgehead atoms. The second-order valence-corrected chi connectivity index (χ2v) is 5.44. The molecule has 0 aliphatic rings. The molecule has 2 aromatic rings. The Bertz CT molecular complexity index is 643. The van der Waals surface area contributed by atoms with Gasteiger partial charge in [-0.3, -0.25) is 0 Å². The van der Waals surface area contributed by atoms with Gasteiger partial charge in [0.25, 0.3) is 0 Å². The van der Waals surface area contributed by atoms with Crippen molar-refractivity contribution >= 4 is 15.9 Å². The summed E-state index contributed by atoms with van der Waals surface area (Å²) in [4.78, 5) is 0. The van der Waals surface area contributed by atoms with Crippen molar-refractivity contribution in [2.24, 2.45) is 5.73 Å². The zero-order chi connectivity index (χ0) is 15.6. The van der Waals surface area contributed by atoms with Crippen molar-refractivity contribution in [2.45, 2.75) is 19.3 Å². The lowest BCUT2D eigenvalue weighted by Crippen LogP contribution is -2.21. The monoisotopic (exact) mass is 359 g/mol. The van der Waals surface area contributed by atoms with Gasteiger partial charge in [0, 0.05) is 10.0 Å². The molecule has 0 radical (unpaired) electrons. The average molecular weight is 360 g/mol. The van der Waals surface area contributed by atoms with Crippen LogP contribution in [0, 0.1) is 6.92 Å². The fraction of sp³-hybridized carbons (Fsp3) is 0.200. The van der Waals surface area contributed by atoms with Crippen LogP contribution in [0.5, 0.6) is 5.75 Å². The van der Waals surface area contributed by atoms with Gasteiger partial charge in [0.05, 0.1) is 6.04 Å². The number of hydrogen-bond acceptors (Lipinski definition) is 2. The van der Waals surface area contributed by atoms with E-state index in [-0.39, 0.29) is 11.3 Å². The lowest BCUT2D eigenvalue weighted by atomic mass is 9.97. The standard InChI is InChI=1S/C15H13BrF3NO/c1-9-6-7-12(16)11(8-9)14(20)10-4-2-3-5-13(10)21-15(17,18)19/h2-8,14H,20H2,1H3. The third kappa shape index (κ3) is 3.98. The van der Waals surface area contributed by atoms with Gasteiger partial charge in [-0.05, 0) is 24.6 Å². The molecule has 1 unspecified atom stereocenters. The van der Waals surface area contributed by atoms with Crippen LogP contribution >= 0.6 is 15.9 Å². The normalized spacial score (nSPS) is 13.0. The molecule has 0 amide bonds. The van der Waals surface area contributed by atoms with E-state index in [9.17, 15) is 13.2 Å². The van der Waals surface area contributed by atoms with E-state index in [0.717, 1.165) is 10.0 Å². The molecule has 2 nitrogen and oxygen atoms in total. The summed E-state index contributed by atoms with van der Waals surface area (Å²) in [6.45, 7) is 1.89. The minimum atomic E-state index is -4.75. The summed E-state index contributed by atoms with van der Waals surface area (Å²) in [5, 5.41) is 0. The molecule has 0 spiro atoms. The number of ether oxygens (including phenoxy) is 1. The third-order valence-corrected chi connectivity index (χ3v) is 3.69. The molecule has 21 heavy (non-hydrogen) atoms. The third-order valence-electron chi connectivity index (χ3n) is 2.97. The largest absolute Gasteiger partial charge is 0.573 e. The highest BCUT2D eigenvalue weighted by Gasteiger charge is 2.32.